The normalized spacial score (nSPS) is 10.2. The molecule has 1 aromatic heterocycles. The fourth-order valence-electron chi connectivity index (χ4n) is 0.979. The first-order valence-electron chi connectivity index (χ1n) is 4.38. The molecule has 0 saturated heterocycles. The van der Waals surface area contributed by atoms with Gasteiger partial charge < -0.3 is 10.1 Å². The lowest BCUT2D eigenvalue weighted by molar-refractivity contribution is 0.194. The van der Waals surface area contributed by atoms with E-state index in [4.69, 9.17) is 4.74 Å². The van der Waals surface area contributed by atoms with Crippen LogP contribution in [0.3, 0.4) is 0 Å². The van der Waals surface area contributed by atoms with Crippen molar-refractivity contribution in [1.29, 1.82) is 0 Å². The zero-order chi connectivity index (χ0) is 9.36. The lowest BCUT2D eigenvalue weighted by Gasteiger charge is -2.02. The van der Waals surface area contributed by atoms with Gasteiger partial charge in [0, 0.05) is 38.9 Å². The van der Waals surface area contributed by atoms with Gasteiger partial charge in [0.05, 0.1) is 5.69 Å². The van der Waals surface area contributed by atoms with Crippen molar-refractivity contribution >= 4 is 0 Å². The highest BCUT2D eigenvalue weighted by atomic mass is 16.5. The van der Waals surface area contributed by atoms with Gasteiger partial charge in [-0.1, -0.05) is 0 Å². The van der Waals surface area contributed by atoms with Gasteiger partial charge in [0.1, 0.15) is 0 Å². The summed E-state index contributed by atoms with van der Waals surface area (Å²) in [5, 5.41) is 3.25. The Hall–Kier alpha value is -1.00. The molecule has 0 aromatic carbocycles. The van der Waals surface area contributed by atoms with Crippen LogP contribution in [0, 0.1) is 0 Å². The monoisotopic (exact) mass is 181 g/mol. The molecule has 0 radical (unpaired) electrons. The summed E-state index contributed by atoms with van der Waals surface area (Å²) < 4.78 is 4.93. The maximum Gasteiger partial charge on any atom is 0.0724 e. The second-order valence-corrected chi connectivity index (χ2v) is 2.72. The SMILES string of the molecule is COCCCNCc1cnccn1. The lowest BCUT2D eigenvalue weighted by atomic mass is 10.4. The summed E-state index contributed by atoms with van der Waals surface area (Å²) in [5.41, 5.74) is 0.972. The predicted octanol–water partition coefficient (Wildman–Crippen LogP) is 0.603. The molecule has 0 aliphatic heterocycles. The van der Waals surface area contributed by atoms with Crippen LogP contribution in [0.4, 0.5) is 0 Å². The van der Waals surface area contributed by atoms with Crippen LogP contribution in [-0.2, 0) is 11.3 Å². The van der Waals surface area contributed by atoms with Crippen LogP contribution < -0.4 is 5.32 Å². The first kappa shape index (κ1) is 10.1. The number of hydrogen-bond acceptors (Lipinski definition) is 4. The Morgan fingerprint density at radius 3 is 3.08 bits per heavy atom. The van der Waals surface area contributed by atoms with E-state index in [1.807, 2.05) is 0 Å². The molecule has 1 heterocycles. The minimum Gasteiger partial charge on any atom is -0.385 e. The summed E-state index contributed by atoms with van der Waals surface area (Å²) in [6.45, 7) is 2.52. The predicted molar refractivity (Wildman–Crippen MR) is 50.2 cm³/mol. The zero-order valence-corrected chi connectivity index (χ0v) is 7.86. The summed E-state index contributed by atoms with van der Waals surface area (Å²) in [6.07, 6.45) is 6.17. The van der Waals surface area contributed by atoms with E-state index in [1.54, 1.807) is 25.7 Å². The number of hydrogen-bond donors (Lipinski definition) is 1. The number of rotatable bonds is 6. The van der Waals surface area contributed by atoms with Crippen LogP contribution in [0.2, 0.25) is 0 Å². The molecule has 0 saturated carbocycles. The van der Waals surface area contributed by atoms with Gasteiger partial charge in [0.2, 0.25) is 0 Å². The van der Waals surface area contributed by atoms with Crippen LogP contribution in [0.15, 0.2) is 18.6 Å². The van der Waals surface area contributed by atoms with Crippen molar-refractivity contribution < 1.29 is 4.74 Å². The summed E-state index contributed by atoms with van der Waals surface area (Å²) in [5.74, 6) is 0. The molecular weight excluding hydrogens is 166 g/mol. The molecule has 0 atom stereocenters. The van der Waals surface area contributed by atoms with Gasteiger partial charge >= 0.3 is 0 Å². The van der Waals surface area contributed by atoms with E-state index in [0.717, 1.165) is 31.8 Å². The lowest BCUT2D eigenvalue weighted by Crippen LogP contribution is -2.16. The molecule has 13 heavy (non-hydrogen) atoms. The van der Waals surface area contributed by atoms with Gasteiger partial charge in [0.15, 0.2) is 0 Å². The zero-order valence-electron chi connectivity index (χ0n) is 7.86. The van der Waals surface area contributed by atoms with Crippen molar-refractivity contribution in [2.75, 3.05) is 20.3 Å². The third-order valence-electron chi connectivity index (χ3n) is 1.62. The number of methoxy groups -OCH3 is 1. The van der Waals surface area contributed by atoms with Gasteiger partial charge in [-0.05, 0) is 13.0 Å². The fourth-order valence-corrected chi connectivity index (χ4v) is 0.979. The van der Waals surface area contributed by atoms with Gasteiger partial charge in [-0.3, -0.25) is 9.97 Å². The fraction of sp³-hybridized carbons (Fsp3) is 0.556. The third kappa shape index (κ3) is 4.55. The van der Waals surface area contributed by atoms with Gasteiger partial charge in [-0.25, -0.2) is 0 Å². The highest BCUT2D eigenvalue weighted by Gasteiger charge is 1.91. The standard InChI is InChI=1S/C9H15N3O/c1-13-6-2-3-10-7-9-8-11-4-5-12-9/h4-5,8,10H,2-3,6-7H2,1H3. The van der Waals surface area contributed by atoms with E-state index in [-0.39, 0.29) is 0 Å². The molecule has 0 spiro atoms. The maximum atomic E-state index is 4.93. The molecule has 0 aliphatic carbocycles. The topological polar surface area (TPSA) is 47.0 Å². The third-order valence-corrected chi connectivity index (χ3v) is 1.62. The van der Waals surface area contributed by atoms with Crippen LogP contribution >= 0.6 is 0 Å². The van der Waals surface area contributed by atoms with Crippen LogP contribution in [-0.4, -0.2) is 30.2 Å². The van der Waals surface area contributed by atoms with Crippen LogP contribution in [0.25, 0.3) is 0 Å². The molecule has 1 rings (SSSR count). The summed E-state index contributed by atoms with van der Waals surface area (Å²) in [4.78, 5) is 8.11. The van der Waals surface area contributed by atoms with Crippen molar-refractivity contribution in [3.05, 3.63) is 24.3 Å². The molecule has 1 N–H and O–H groups in total. The van der Waals surface area contributed by atoms with Crippen molar-refractivity contribution in [3.8, 4) is 0 Å². The van der Waals surface area contributed by atoms with Gasteiger partial charge in [0.25, 0.3) is 0 Å². The Balaban J connectivity index is 2.07. The summed E-state index contributed by atoms with van der Waals surface area (Å²) in [6, 6.07) is 0. The van der Waals surface area contributed by atoms with Crippen LogP contribution in [0.5, 0.6) is 0 Å². The highest BCUT2D eigenvalue weighted by molar-refractivity contribution is 4.93. The first-order chi connectivity index (χ1) is 6.43. The average Bonchev–Trinajstić information content (AvgIpc) is 2.19. The molecule has 0 amide bonds. The highest BCUT2D eigenvalue weighted by Crippen LogP contribution is 1.88. The molecule has 4 heteroatoms. The Morgan fingerprint density at radius 1 is 1.46 bits per heavy atom. The second-order valence-electron chi connectivity index (χ2n) is 2.72. The summed E-state index contributed by atoms with van der Waals surface area (Å²) >= 11 is 0. The summed E-state index contributed by atoms with van der Waals surface area (Å²) in [7, 11) is 1.71. The molecule has 4 nitrogen and oxygen atoms in total. The van der Waals surface area contributed by atoms with E-state index in [0.29, 0.717) is 0 Å². The smallest absolute Gasteiger partial charge is 0.0724 e. The minimum atomic E-state index is 0.775. The molecule has 0 bridgehead atoms. The Labute approximate surface area is 78.4 Å². The van der Waals surface area contributed by atoms with Crippen molar-refractivity contribution in [1.82, 2.24) is 15.3 Å². The second kappa shape index (κ2) is 6.51. The van der Waals surface area contributed by atoms with Gasteiger partial charge in [-0.2, -0.15) is 0 Å². The van der Waals surface area contributed by atoms with E-state index in [2.05, 4.69) is 15.3 Å². The van der Waals surface area contributed by atoms with Crippen molar-refractivity contribution in [3.63, 3.8) is 0 Å². The molecule has 0 aliphatic rings. The Morgan fingerprint density at radius 2 is 2.38 bits per heavy atom. The minimum absolute atomic E-state index is 0.775. The van der Waals surface area contributed by atoms with Crippen molar-refractivity contribution in [2.45, 2.75) is 13.0 Å². The van der Waals surface area contributed by atoms with Gasteiger partial charge in [-0.15, -0.1) is 0 Å². The largest absolute Gasteiger partial charge is 0.385 e. The number of nitrogens with zero attached hydrogens (tertiary/aromatic N) is 2. The van der Waals surface area contributed by atoms with Crippen LogP contribution in [0.1, 0.15) is 12.1 Å². The number of ether oxygens (including phenoxy) is 1. The van der Waals surface area contributed by atoms with E-state index < -0.39 is 0 Å². The van der Waals surface area contributed by atoms with Crippen molar-refractivity contribution in [2.24, 2.45) is 0 Å². The number of nitrogens with one attached hydrogen (secondary N) is 1. The van der Waals surface area contributed by atoms with E-state index in [9.17, 15) is 0 Å². The molecule has 0 unspecified atom stereocenters. The van der Waals surface area contributed by atoms with E-state index in [1.165, 1.54) is 0 Å². The molecular formula is C9H15N3O. The molecule has 1 aromatic rings. The maximum absolute atomic E-state index is 4.93. The first-order valence-corrected chi connectivity index (χ1v) is 4.38. The Bertz CT molecular complexity index is 215. The molecule has 72 valence electrons. The quantitative estimate of drug-likeness (QED) is 0.653. The Kier molecular flexibility index (Phi) is 5.05. The number of aromatic nitrogens is 2. The van der Waals surface area contributed by atoms with E-state index >= 15 is 0 Å². The molecule has 0 fully saturated rings. The average molecular weight is 181 g/mol.